The lowest BCUT2D eigenvalue weighted by atomic mass is 10.4. The SMILES string of the molecule is O=C1Nc2ncccc2N(O)N1. The highest BCUT2D eigenvalue weighted by Crippen LogP contribution is 2.22. The van der Waals surface area contributed by atoms with Gasteiger partial charge in [0.1, 0.15) is 5.69 Å². The third kappa shape index (κ3) is 0.940. The molecule has 1 aliphatic heterocycles. The molecule has 0 saturated carbocycles. The Kier molecular flexibility index (Phi) is 1.34. The number of amides is 2. The van der Waals surface area contributed by atoms with Crippen molar-refractivity contribution in [2.45, 2.75) is 0 Å². The van der Waals surface area contributed by atoms with E-state index in [4.69, 9.17) is 5.21 Å². The van der Waals surface area contributed by atoms with E-state index in [1.54, 1.807) is 12.1 Å². The van der Waals surface area contributed by atoms with Gasteiger partial charge in [-0.25, -0.2) is 15.2 Å². The van der Waals surface area contributed by atoms with Gasteiger partial charge in [-0.15, -0.1) is 0 Å². The molecule has 12 heavy (non-hydrogen) atoms. The van der Waals surface area contributed by atoms with E-state index in [1.165, 1.54) is 6.20 Å². The minimum atomic E-state index is -0.510. The number of urea groups is 1. The second-order valence-electron chi connectivity index (χ2n) is 2.25. The van der Waals surface area contributed by atoms with Gasteiger partial charge in [0, 0.05) is 6.20 Å². The second kappa shape index (κ2) is 2.35. The van der Waals surface area contributed by atoms with Gasteiger partial charge in [0.05, 0.1) is 0 Å². The number of anilines is 2. The topological polar surface area (TPSA) is 77.5 Å². The van der Waals surface area contributed by atoms with Crippen LogP contribution in [0.1, 0.15) is 0 Å². The largest absolute Gasteiger partial charge is 0.341 e. The van der Waals surface area contributed by atoms with Crippen LogP contribution < -0.4 is 15.9 Å². The molecule has 6 heteroatoms. The van der Waals surface area contributed by atoms with Crippen molar-refractivity contribution in [3.05, 3.63) is 18.3 Å². The summed E-state index contributed by atoms with van der Waals surface area (Å²) in [6, 6.07) is 2.76. The van der Waals surface area contributed by atoms with Crippen LogP contribution in [0.25, 0.3) is 0 Å². The third-order valence-electron chi connectivity index (χ3n) is 1.45. The molecule has 2 heterocycles. The Morgan fingerprint density at radius 1 is 1.58 bits per heavy atom. The number of hydrogen-bond donors (Lipinski definition) is 3. The lowest BCUT2D eigenvalue weighted by Crippen LogP contribution is -2.46. The number of aromatic nitrogens is 1. The fourth-order valence-electron chi connectivity index (χ4n) is 0.956. The molecule has 0 aliphatic carbocycles. The van der Waals surface area contributed by atoms with E-state index < -0.39 is 6.03 Å². The summed E-state index contributed by atoms with van der Waals surface area (Å²) in [5, 5.41) is 12.2. The van der Waals surface area contributed by atoms with Crippen molar-refractivity contribution in [3.8, 4) is 0 Å². The van der Waals surface area contributed by atoms with Crippen molar-refractivity contribution in [2.75, 3.05) is 10.5 Å². The molecular weight excluding hydrogens is 160 g/mol. The van der Waals surface area contributed by atoms with E-state index in [2.05, 4.69) is 15.7 Å². The molecule has 0 bridgehead atoms. The van der Waals surface area contributed by atoms with Crippen LogP contribution in [0.2, 0.25) is 0 Å². The second-order valence-corrected chi connectivity index (χ2v) is 2.25. The van der Waals surface area contributed by atoms with Crippen molar-refractivity contribution in [3.63, 3.8) is 0 Å². The molecule has 0 saturated heterocycles. The highest BCUT2D eigenvalue weighted by Gasteiger charge is 2.19. The number of nitrogens with one attached hydrogen (secondary N) is 2. The number of hydrogen-bond acceptors (Lipinski definition) is 4. The van der Waals surface area contributed by atoms with Crippen LogP contribution in [0, 0.1) is 0 Å². The van der Waals surface area contributed by atoms with E-state index in [-0.39, 0.29) is 0 Å². The van der Waals surface area contributed by atoms with Crippen LogP contribution in [-0.4, -0.2) is 16.2 Å². The van der Waals surface area contributed by atoms with E-state index in [0.717, 1.165) is 0 Å². The van der Waals surface area contributed by atoms with Crippen molar-refractivity contribution in [1.82, 2.24) is 10.4 Å². The molecule has 0 fully saturated rings. The summed E-state index contributed by atoms with van der Waals surface area (Å²) >= 11 is 0. The molecule has 1 aliphatic rings. The first-order chi connectivity index (χ1) is 5.77. The Morgan fingerprint density at radius 2 is 2.42 bits per heavy atom. The summed E-state index contributed by atoms with van der Waals surface area (Å²) in [7, 11) is 0. The summed E-state index contributed by atoms with van der Waals surface area (Å²) < 4.78 is 0. The number of nitrogens with zero attached hydrogens (tertiary/aromatic N) is 2. The Morgan fingerprint density at radius 3 is 3.25 bits per heavy atom. The molecule has 0 unspecified atom stereocenters. The highest BCUT2D eigenvalue weighted by atomic mass is 16.5. The minimum Gasteiger partial charge on any atom is -0.289 e. The smallest absolute Gasteiger partial charge is 0.289 e. The Bertz CT molecular complexity index is 327. The number of pyridine rings is 1. The summed E-state index contributed by atoms with van der Waals surface area (Å²) in [5.41, 5.74) is 2.55. The third-order valence-corrected chi connectivity index (χ3v) is 1.45. The van der Waals surface area contributed by atoms with Gasteiger partial charge in [0.25, 0.3) is 0 Å². The number of fused-ring (bicyclic) bond motifs is 1. The average Bonchev–Trinajstić information content (AvgIpc) is 2.04. The van der Waals surface area contributed by atoms with Crippen molar-refractivity contribution in [1.29, 1.82) is 0 Å². The number of carbonyl (C=O) groups excluding carboxylic acids is 1. The van der Waals surface area contributed by atoms with E-state index in [0.29, 0.717) is 16.7 Å². The van der Waals surface area contributed by atoms with Gasteiger partial charge in [-0.1, -0.05) is 0 Å². The molecule has 0 spiro atoms. The summed E-state index contributed by atoms with van der Waals surface area (Å²) in [6.45, 7) is 0. The first-order valence-corrected chi connectivity index (χ1v) is 3.29. The van der Waals surface area contributed by atoms with Crippen LogP contribution >= 0.6 is 0 Å². The molecule has 2 rings (SSSR count). The maximum Gasteiger partial charge on any atom is 0.341 e. The molecule has 6 nitrogen and oxygen atoms in total. The van der Waals surface area contributed by atoms with Crippen LogP contribution in [0.4, 0.5) is 16.3 Å². The zero-order valence-electron chi connectivity index (χ0n) is 5.98. The van der Waals surface area contributed by atoms with Gasteiger partial charge in [-0.05, 0) is 12.1 Å². The van der Waals surface area contributed by atoms with E-state index in [1.807, 2.05) is 0 Å². The lowest BCUT2D eigenvalue weighted by Gasteiger charge is -2.24. The standard InChI is InChI=1S/C6H6N4O2/c11-6-8-5-4(10(12)9-6)2-1-3-7-5/h1-3,12H,(H2,7,8,9,11). The van der Waals surface area contributed by atoms with E-state index in [9.17, 15) is 4.79 Å². The minimum absolute atomic E-state index is 0.337. The lowest BCUT2D eigenvalue weighted by molar-refractivity contribution is 0.200. The summed E-state index contributed by atoms with van der Waals surface area (Å²) in [5.74, 6) is 0.337. The first-order valence-electron chi connectivity index (χ1n) is 3.29. The van der Waals surface area contributed by atoms with Crippen molar-refractivity contribution < 1.29 is 10.0 Å². The summed E-state index contributed by atoms with van der Waals surface area (Å²) in [6.07, 6.45) is 1.53. The molecule has 3 N–H and O–H groups in total. The molecule has 1 aromatic rings. The van der Waals surface area contributed by atoms with Gasteiger partial charge in [0.15, 0.2) is 5.82 Å². The Balaban J connectivity index is 2.47. The molecule has 0 atom stereocenters. The van der Waals surface area contributed by atoms with Crippen molar-refractivity contribution in [2.24, 2.45) is 0 Å². The monoisotopic (exact) mass is 166 g/mol. The van der Waals surface area contributed by atoms with Gasteiger partial charge < -0.3 is 0 Å². The molecule has 2 amide bonds. The zero-order valence-corrected chi connectivity index (χ0v) is 5.98. The summed E-state index contributed by atoms with van der Waals surface area (Å²) in [4.78, 5) is 14.6. The molecular formula is C6H6N4O2. The van der Waals surface area contributed by atoms with Gasteiger partial charge in [-0.3, -0.25) is 10.5 Å². The number of carbonyl (C=O) groups is 1. The fraction of sp³-hybridized carbons (Fsp3) is 0. The number of rotatable bonds is 0. The normalized spacial score (nSPS) is 14.8. The van der Waals surface area contributed by atoms with Crippen LogP contribution in [0.15, 0.2) is 18.3 Å². The maximum absolute atomic E-state index is 10.8. The van der Waals surface area contributed by atoms with Gasteiger partial charge in [-0.2, -0.15) is 5.17 Å². The van der Waals surface area contributed by atoms with Crippen molar-refractivity contribution >= 4 is 17.5 Å². The molecule has 1 aromatic heterocycles. The predicted molar refractivity (Wildman–Crippen MR) is 40.7 cm³/mol. The van der Waals surface area contributed by atoms with Crippen LogP contribution in [0.5, 0.6) is 0 Å². The quantitative estimate of drug-likeness (QED) is 0.519. The van der Waals surface area contributed by atoms with E-state index >= 15 is 0 Å². The zero-order chi connectivity index (χ0) is 8.55. The maximum atomic E-state index is 10.8. The molecule has 0 aromatic carbocycles. The molecule has 62 valence electrons. The average molecular weight is 166 g/mol. The molecule has 0 radical (unpaired) electrons. The van der Waals surface area contributed by atoms with Crippen LogP contribution in [0.3, 0.4) is 0 Å². The number of hydrazine groups is 1. The highest BCUT2D eigenvalue weighted by molar-refractivity contribution is 5.95. The van der Waals surface area contributed by atoms with Gasteiger partial charge in [0.2, 0.25) is 0 Å². The van der Waals surface area contributed by atoms with Gasteiger partial charge >= 0.3 is 6.03 Å². The Labute approximate surface area is 67.7 Å². The first kappa shape index (κ1) is 6.86. The Hall–Kier alpha value is -1.82. The predicted octanol–water partition coefficient (Wildman–Crippen LogP) is 0.327. The fourth-order valence-corrected chi connectivity index (χ4v) is 0.956. The van der Waals surface area contributed by atoms with Crippen LogP contribution in [-0.2, 0) is 0 Å².